The fraction of sp³-hybridized carbons (Fsp3) is 0.389. The molecule has 4 amide bonds. The molecule has 0 aromatic heterocycles. The zero-order valence-corrected chi connectivity index (χ0v) is 15.1. The summed E-state index contributed by atoms with van der Waals surface area (Å²) in [5.41, 5.74) is 6.65. The monoisotopic (exact) mass is 410 g/mol. The summed E-state index contributed by atoms with van der Waals surface area (Å²) in [7, 11) is 0. The van der Waals surface area contributed by atoms with Gasteiger partial charge >= 0.3 is 11.9 Å². The minimum absolute atomic E-state index is 0.0227. The smallest absolute Gasteiger partial charge is 0.394 e. The minimum atomic E-state index is -1.84. The second-order valence-electron chi connectivity index (χ2n) is 6.88. The molecule has 1 aromatic rings. The summed E-state index contributed by atoms with van der Waals surface area (Å²) >= 11 is 0. The highest BCUT2D eigenvalue weighted by molar-refractivity contribution is 6.05. The lowest BCUT2D eigenvalue weighted by Gasteiger charge is -2.37. The van der Waals surface area contributed by atoms with Gasteiger partial charge in [0.25, 0.3) is 5.91 Å². The molecule has 1 saturated heterocycles. The molecule has 2 aliphatic rings. The molecule has 2 aliphatic heterocycles. The zero-order valence-electron chi connectivity index (χ0n) is 15.1. The number of benzene rings is 1. The van der Waals surface area contributed by atoms with E-state index < -0.39 is 65.3 Å². The molecule has 0 radical (unpaired) electrons. The summed E-state index contributed by atoms with van der Waals surface area (Å²) in [6.07, 6.45) is -6.26. The molecule has 1 unspecified atom stereocenters. The number of quaternary nitrogens is 1. The maximum Gasteiger partial charge on any atom is 0.438 e. The van der Waals surface area contributed by atoms with Crippen molar-refractivity contribution < 1.29 is 43.3 Å². The van der Waals surface area contributed by atoms with Crippen LogP contribution in [0.2, 0.25) is 0 Å². The van der Waals surface area contributed by atoms with Crippen molar-refractivity contribution in [3.8, 4) is 0 Å². The molecule has 2 heterocycles. The number of carbonyl (C=O) groups is 3. The highest BCUT2D eigenvalue weighted by Gasteiger charge is 2.63. The average molecular weight is 410 g/mol. The summed E-state index contributed by atoms with van der Waals surface area (Å²) in [5, 5.41) is 31.4. The molecular weight excluding hydrogens is 389 g/mol. The number of aliphatic hydroxyl groups is 3. The third kappa shape index (κ3) is 3.59. The number of hydrogen-bond acceptors (Lipinski definition) is 8. The van der Waals surface area contributed by atoms with E-state index in [1.807, 2.05) is 0 Å². The van der Waals surface area contributed by atoms with E-state index in [1.165, 1.54) is 0 Å². The highest BCUT2D eigenvalue weighted by atomic mass is 19.1. The number of hydrogen-bond donors (Lipinski definition) is 5. The van der Waals surface area contributed by atoms with Crippen molar-refractivity contribution in [1.82, 2.24) is 5.32 Å². The number of amides is 4. The van der Waals surface area contributed by atoms with Crippen LogP contribution >= 0.6 is 0 Å². The Morgan fingerprint density at radius 2 is 1.90 bits per heavy atom. The summed E-state index contributed by atoms with van der Waals surface area (Å²) in [6.45, 7) is -0.730. The maximum atomic E-state index is 14.2. The fourth-order valence-electron chi connectivity index (χ4n) is 3.47. The second-order valence-corrected chi connectivity index (χ2v) is 6.88. The van der Waals surface area contributed by atoms with Gasteiger partial charge in [-0.05, 0) is 5.56 Å². The number of nitrogens with two attached hydrogens (primary N) is 1. The van der Waals surface area contributed by atoms with E-state index in [4.69, 9.17) is 10.5 Å². The predicted molar refractivity (Wildman–Crippen MR) is 93.9 cm³/mol. The van der Waals surface area contributed by atoms with Crippen molar-refractivity contribution in [2.75, 3.05) is 6.61 Å². The lowest BCUT2D eigenvalue weighted by molar-refractivity contribution is -0.785. The average Bonchev–Trinajstić information content (AvgIpc) is 2.99. The molecule has 3 rings (SSSR count). The number of urea groups is 1. The number of nitrogens with one attached hydrogen (secondary N) is 1. The van der Waals surface area contributed by atoms with Crippen molar-refractivity contribution in [3.63, 3.8) is 0 Å². The fourth-order valence-corrected chi connectivity index (χ4v) is 3.47. The van der Waals surface area contributed by atoms with Crippen molar-refractivity contribution in [1.29, 1.82) is 0 Å². The SMILES string of the molecule is N[C@@H](Cc1ccccc1)C(=O)[N+]1([C@@H]2O[C@H](CO)[C@@H](O)[C@H]2O)C=C(F)C(=O)NC1=O. The van der Waals surface area contributed by atoms with Crippen LogP contribution in [-0.2, 0) is 20.7 Å². The molecular formula is C18H21FN3O7+. The quantitative estimate of drug-likeness (QED) is 0.363. The molecule has 11 heteroatoms. The van der Waals surface area contributed by atoms with Gasteiger partial charge in [0.2, 0.25) is 12.1 Å². The van der Waals surface area contributed by atoms with Gasteiger partial charge < -0.3 is 25.8 Å². The van der Waals surface area contributed by atoms with Gasteiger partial charge in [-0.2, -0.15) is 4.39 Å². The third-order valence-corrected chi connectivity index (χ3v) is 4.99. The standard InChI is InChI=1S/C18H20FN3O7/c19-10-7-22(18(28)21-15(10)26,17-14(25)13(24)12(8-23)29-17)16(27)11(20)6-9-4-2-1-3-5-9/h1-5,7,11-14,17,23-25H,6,8,20H2/p+1/t11-,12+,13+,14+,17+,22?/m0/s1. The number of rotatable bonds is 5. The Morgan fingerprint density at radius 3 is 2.48 bits per heavy atom. The Hall–Kier alpha value is -2.54. The molecule has 0 bridgehead atoms. The Balaban J connectivity index is 2.03. The van der Waals surface area contributed by atoms with E-state index in [9.17, 15) is 34.1 Å². The molecule has 0 spiro atoms. The molecule has 29 heavy (non-hydrogen) atoms. The van der Waals surface area contributed by atoms with Crippen LogP contribution in [0.1, 0.15) is 5.56 Å². The van der Waals surface area contributed by atoms with E-state index in [0.717, 1.165) is 0 Å². The van der Waals surface area contributed by atoms with Crippen LogP contribution in [0, 0.1) is 0 Å². The van der Waals surface area contributed by atoms with Gasteiger partial charge in [0.1, 0.15) is 18.2 Å². The first-order valence-electron chi connectivity index (χ1n) is 8.81. The molecule has 10 nitrogen and oxygen atoms in total. The first kappa shape index (κ1) is 21.2. The minimum Gasteiger partial charge on any atom is -0.394 e. The highest BCUT2D eigenvalue weighted by Crippen LogP contribution is 2.34. The zero-order chi connectivity index (χ0) is 21.3. The summed E-state index contributed by atoms with van der Waals surface area (Å²) in [4.78, 5) is 37.5. The Labute approximate surface area is 164 Å². The predicted octanol–water partition coefficient (Wildman–Crippen LogP) is -1.60. The normalized spacial score (nSPS) is 33.2. The van der Waals surface area contributed by atoms with Crippen LogP contribution < -0.4 is 11.1 Å². The topological polar surface area (TPSA) is 159 Å². The van der Waals surface area contributed by atoms with E-state index in [2.05, 4.69) is 0 Å². The molecule has 0 saturated carbocycles. The van der Waals surface area contributed by atoms with Gasteiger partial charge in [-0.25, -0.2) is 14.9 Å². The van der Waals surface area contributed by atoms with E-state index >= 15 is 0 Å². The largest absolute Gasteiger partial charge is 0.438 e. The lowest BCUT2D eigenvalue weighted by atomic mass is 10.0. The Bertz CT molecular complexity index is 849. The van der Waals surface area contributed by atoms with E-state index in [0.29, 0.717) is 11.8 Å². The van der Waals surface area contributed by atoms with Crippen molar-refractivity contribution in [2.45, 2.75) is 37.0 Å². The number of aliphatic hydroxyl groups excluding tert-OH is 3. The van der Waals surface area contributed by atoms with Gasteiger partial charge in [-0.15, -0.1) is 4.48 Å². The second kappa shape index (κ2) is 8.06. The van der Waals surface area contributed by atoms with Gasteiger partial charge in [-0.1, -0.05) is 30.3 Å². The molecule has 6 N–H and O–H groups in total. The molecule has 1 fully saturated rings. The van der Waals surface area contributed by atoms with Gasteiger partial charge in [-0.3, -0.25) is 4.79 Å². The summed E-state index contributed by atoms with van der Waals surface area (Å²) < 4.78 is 17.9. The van der Waals surface area contributed by atoms with Crippen LogP contribution in [0.4, 0.5) is 9.18 Å². The number of carbonyl (C=O) groups excluding carboxylic acids is 3. The Kier molecular flexibility index (Phi) is 5.89. The lowest BCUT2D eigenvalue weighted by Crippen LogP contribution is -2.71. The van der Waals surface area contributed by atoms with E-state index in [1.54, 1.807) is 35.6 Å². The maximum absolute atomic E-state index is 14.2. The number of nitrogens with zero attached hydrogens (tertiary/aromatic N) is 1. The van der Waals surface area contributed by atoms with Crippen LogP contribution in [-0.4, -0.2) is 74.8 Å². The van der Waals surface area contributed by atoms with Crippen LogP contribution in [0.25, 0.3) is 0 Å². The van der Waals surface area contributed by atoms with Crippen LogP contribution in [0.5, 0.6) is 0 Å². The number of ether oxygens (including phenoxy) is 1. The van der Waals surface area contributed by atoms with Crippen molar-refractivity contribution in [3.05, 3.63) is 47.9 Å². The summed E-state index contributed by atoms with van der Waals surface area (Å²) in [5.74, 6) is -3.88. The molecule has 0 aliphatic carbocycles. The molecule has 156 valence electrons. The van der Waals surface area contributed by atoms with Gasteiger partial charge in [0, 0.05) is 6.42 Å². The first-order chi connectivity index (χ1) is 13.7. The molecule has 1 aromatic carbocycles. The molecule has 6 atom stereocenters. The van der Waals surface area contributed by atoms with E-state index in [-0.39, 0.29) is 6.42 Å². The summed E-state index contributed by atoms with van der Waals surface area (Å²) in [6, 6.07) is 5.94. The van der Waals surface area contributed by atoms with Gasteiger partial charge in [0.15, 0.2) is 12.3 Å². The number of imide groups is 2. The number of halogens is 1. The Morgan fingerprint density at radius 1 is 1.24 bits per heavy atom. The third-order valence-electron chi connectivity index (χ3n) is 4.99. The van der Waals surface area contributed by atoms with Crippen molar-refractivity contribution in [2.24, 2.45) is 5.73 Å². The first-order valence-corrected chi connectivity index (χ1v) is 8.81. The van der Waals surface area contributed by atoms with Crippen LogP contribution in [0.3, 0.4) is 0 Å². The van der Waals surface area contributed by atoms with Crippen LogP contribution in [0.15, 0.2) is 42.4 Å². The van der Waals surface area contributed by atoms with Gasteiger partial charge in [0.05, 0.1) is 6.61 Å². The van der Waals surface area contributed by atoms with Crippen molar-refractivity contribution >= 4 is 17.8 Å².